The lowest BCUT2D eigenvalue weighted by atomic mass is 10.2. The summed E-state index contributed by atoms with van der Waals surface area (Å²) in [4.78, 5) is 12.1. The first-order valence-corrected chi connectivity index (χ1v) is 11.2. The summed E-state index contributed by atoms with van der Waals surface area (Å²) >= 11 is 0.793. The number of methoxy groups -OCH3 is 1. The van der Waals surface area contributed by atoms with Crippen LogP contribution in [0.3, 0.4) is 0 Å². The zero-order valence-electron chi connectivity index (χ0n) is 16.3. The number of hydrogen-bond acceptors (Lipinski definition) is 7. The van der Waals surface area contributed by atoms with Gasteiger partial charge in [-0.3, -0.25) is 14.4 Å². The molecule has 1 amide bonds. The van der Waals surface area contributed by atoms with E-state index in [1.54, 1.807) is 37.3 Å². The Morgan fingerprint density at radius 1 is 1.13 bits per heavy atom. The van der Waals surface area contributed by atoms with Crippen LogP contribution in [0.4, 0.5) is 10.8 Å². The van der Waals surface area contributed by atoms with Gasteiger partial charge in [-0.05, 0) is 42.8 Å². The minimum Gasteiger partial charge on any atom is -0.497 e. The van der Waals surface area contributed by atoms with Crippen molar-refractivity contribution in [2.75, 3.05) is 23.3 Å². The van der Waals surface area contributed by atoms with Gasteiger partial charge in [-0.1, -0.05) is 41.7 Å². The van der Waals surface area contributed by atoms with Gasteiger partial charge in [0.2, 0.25) is 11.0 Å². The third kappa shape index (κ3) is 5.02. The van der Waals surface area contributed by atoms with Crippen molar-refractivity contribution in [3.8, 4) is 5.75 Å². The van der Waals surface area contributed by atoms with Crippen LogP contribution in [0.15, 0.2) is 65.0 Å². The second kappa shape index (κ2) is 9.51. The van der Waals surface area contributed by atoms with Crippen molar-refractivity contribution in [1.82, 2.24) is 10.2 Å². The monoisotopic (exact) mass is 444 g/mol. The summed E-state index contributed by atoms with van der Waals surface area (Å²) in [5.74, 6) is 0.193. The third-order valence-electron chi connectivity index (χ3n) is 4.02. The highest BCUT2D eigenvalue weighted by Gasteiger charge is 2.28. The molecule has 3 rings (SSSR count). The first-order valence-electron chi connectivity index (χ1n) is 8.98. The second-order valence-electron chi connectivity index (χ2n) is 5.97. The van der Waals surface area contributed by atoms with Gasteiger partial charge in [-0.25, -0.2) is 0 Å². The van der Waals surface area contributed by atoms with E-state index in [1.807, 2.05) is 30.3 Å². The van der Waals surface area contributed by atoms with Crippen LogP contribution in [0.5, 0.6) is 5.75 Å². The minimum atomic E-state index is -3.93. The van der Waals surface area contributed by atoms with Crippen molar-refractivity contribution in [2.45, 2.75) is 11.3 Å². The van der Waals surface area contributed by atoms with Crippen molar-refractivity contribution < 1.29 is 17.9 Å². The minimum absolute atomic E-state index is 0.0991. The molecule has 0 radical (unpaired) electrons. The van der Waals surface area contributed by atoms with Gasteiger partial charge in [0, 0.05) is 12.6 Å². The van der Waals surface area contributed by atoms with E-state index in [4.69, 9.17) is 4.74 Å². The molecule has 1 heterocycles. The lowest BCUT2D eigenvalue weighted by Crippen LogP contribution is -2.30. The molecule has 8 nitrogen and oxygen atoms in total. The zero-order chi connectivity index (χ0) is 21.6. The maximum Gasteiger partial charge on any atom is 0.293 e. The zero-order valence-corrected chi connectivity index (χ0v) is 18.0. The molecule has 0 aliphatic carbocycles. The molecule has 2 aromatic carbocycles. The number of anilines is 2. The van der Waals surface area contributed by atoms with Crippen LogP contribution >= 0.6 is 11.3 Å². The van der Waals surface area contributed by atoms with E-state index in [-0.39, 0.29) is 16.0 Å². The second-order valence-corrected chi connectivity index (χ2v) is 8.99. The summed E-state index contributed by atoms with van der Waals surface area (Å²) in [6, 6.07) is 16.0. The quantitative estimate of drug-likeness (QED) is 0.422. The highest BCUT2D eigenvalue weighted by Crippen LogP contribution is 2.28. The number of nitrogens with one attached hydrogen (secondary N) is 1. The van der Waals surface area contributed by atoms with Crippen LogP contribution in [-0.4, -0.2) is 38.2 Å². The predicted molar refractivity (Wildman–Crippen MR) is 117 cm³/mol. The summed E-state index contributed by atoms with van der Waals surface area (Å²) in [6.07, 6.45) is 3.00. The Hall–Kier alpha value is -3.24. The fourth-order valence-corrected chi connectivity index (χ4v) is 5.06. The van der Waals surface area contributed by atoms with Crippen molar-refractivity contribution >= 4 is 44.2 Å². The number of carbonyl (C=O) groups is 1. The molecule has 1 aromatic heterocycles. The molecule has 0 saturated heterocycles. The Kier molecular flexibility index (Phi) is 6.80. The van der Waals surface area contributed by atoms with Gasteiger partial charge >= 0.3 is 0 Å². The lowest BCUT2D eigenvalue weighted by Gasteiger charge is -2.21. The molecule has 3 aromatic rings. The van der Waals surface area contributed by atoms with Crippen LogP contribution < -0.4 is 14.4 Å². The van der Waals surface area contributed by atoms with Crippen molar-refractivity contribution in [1.29, 1.82) is 0 Å². The topological polar surface area (TPSA) is 101 Å². The highest BCUT2D eigenvalue weighted by atomic mass is 32.2. The van der Waals surface area contributed by atoms with Crippen molar-refractivity contribution in [3.05, 3.63) is 66.2 Å². The summed E-state index contributed by atoms with van der Waals surface area (Å²) < 4.78 is 32.1. The largest absolute Gasteiger partial charge is 0.497 e. The van der Waals surface area contributed by atoms with Gasteiger partial charge in [0.25, 0.3) is 14.4 Å². The SMILES string of the molecule is CCN(c1ccc(OC)cc1)S(=O)(=O)c1nnc(NC(=O)C=Cc2ccccc2)s1. The maximum atomic E-state index is 13.0. The molecule has 1 N–H and O–H groups in total. The maximum absolute atomic E-state index is 13.0. The number of carbonyl (C=O) groups excluding carboxylic acids is 1. The Morgan fingerprint density at radius 3 is 2.47 bits per heavy atom. The Balaban J connectivity index is 1.74. The number of nitrogens with zero attached hydrogens (tertiary/aromatic N) is 3. The first-order chi connectivity index (χ1) is 14.4. The molecule has 0 atom stereocenters. The molecule has 0 spiro atoms. The average Bonchev–Trinajstić information content (AvgIpc) is 3.23. The van der Waals surface area contributed by atoms with E-state index in [0.29, 0.717) is 11.4 Å². The molecule has 0 saturated carbocycles. The molecule has 30 heavy (non-hydrogen) atoms. The van der Waals surface area contributed by atoms with E-state index in [9.17, 15) is 13.2 Å². The van der Waals surface area contributed by atoms with Gasteiger partial charge in [-0.2, -0.15) is 8.42 Å². The number of rotatable bonds is 8. The number of aromatic nitrogens is 2. The molecule has 0 aliphatic heterocycles. The van der Waals surface area contributed by atoms with Crippen LogP contribution in [0.25, 0.3) is 6.08 Å². The van der Waals surface area contributed by atoms with E-state index < -0.39 is 15.9 Å². The van der Waals surface area contributed by atoms with Crippen molar-refractivity contribution in [2.24, 2.45) is 0 Å². The van der Waals surface area contributed by atoms with Crippen LogP contribution in [0.1, 0.15) is 12.5 Å². The predicted octanol–water partition coefficient (Wildman–Crippen LogP) is 3.41. The highest BCUT2D eigenvalue weighted by molar-refractivity contribution is 7.94. The van der Waals surface area contributed by atoms with Gasteiger partial charge in [0.15, 0.2) is 0 Å². The lowest BCUT2D eigenvalue weighted by molar-refractivity contribution is -0.111. The molecule has 156 valence electrons. The molecule has 0 unspecified atom stereocenters. The normalized spacial score (nSPS) is 11.4. The number of amides is 1. The van der Waals surface area contributed by atoms with Gasteiger partial charge in [-0.15, -0.1) is 10.2 Å². The molecular formula is C20H20N4O4S2. The van der Waals surface area contributed by atoms with Gasteiger partial charge in [0.1, 0.15) is 5.75 Å². The number of ether oxygens (including phenoxy) is 1. The van der Waals surface area contributed by atoms with Crippen LogP contribution in [0, 0.1) is 0 Å². The van der Waals surface area contributed by atoms with E-state index >= 15 is 0 Å². The fraction of sp³-hybridized carbons (Fsp3) is 0.150. The van der Waals surface area contributed by atoms with Crippen molar-refractivity contribution in [3.63, 3.8) is 0 Å². The summed E-state index contributed by atoms with van der Waals surface area (Å²) in [5, 5.41) is 10.2. The van der Waals surface area contributed by atoms with Crippen LogP contribution in [-0.2, 0) is 14.8 Å². The Bertz CT molecular complexity index is 1130. The standard InChI is InChI=1S/C20H20N4O4S2/c1-3-24(16-10-12-17(28-2)13-11-16)30(26,27)20-23-22-19(29-20)21-18(25)14-9-15-7-5-4-6-8-15/h4-14H,3H2,1-2H3,(H,21,22,25). The summed E-state index contributed by atoms with van der Waals surface area (Å²) in [7, 11) is -2.39. The van der Waals surface area contributed by atoms with E-state index in [1.165, 1.54) is 17.5 Å². The van der Waals surface area contributed by atoms with Crippen LogP contribution in [0.2, 0.25) is 0 Å². The Labute approximate surface area is 178 Å². The van der Waals surface area contributed by atoms with E-state index in [2.05, 4.69) is 15.5 Å². The van der Waals surface area contributed by atoms with E-state index in [0.717, 1.165) is 16.9 Å². The number of benzene rings is 2. The molecule has 0 bridgehead atoms. The number of sulfonamides is 1. The fourth-order valence-electron chi connectivity index (χ4n) is 2.58. The molecular weight excluding hydrogens is 424 g/mol. The Morgan fingerprint density at radius 2 is 1.83 bits per heavy atom. The average molecular weight is 445 g/mol. The third-order valence-corrected chi connectivity index (χ3v) is 7.11. The molecule has 0 fully saturated rings. The molecule has 0 aliphatic rings. The smallest absolute Gasteiger partial charge is 0.293 e. The van der Waals surface area contributed by atoms with Gasteiger partial charge in [0.05, 0.1) is 12.8 Å². The summed E-state index contributed by atoms with van der Waals surface area (Å²) in [6.45, 7) is 1.93. The van der Waals surface area contributed by atoms with Gasteiger partial charge < -0.3 is 4.74 Å². The number of hydrogen-bond donors (Lipinski definition) is 1. The first kappa shape index (κ1) is 21.5. The molecule has 10 heteroatoms. The summed E-state index contributed by atoms with van der Waals surface area (Å²) in [5.41, 5.74) is 1.34.